The van der Waals surface area contributed by atoms with E-state index in [-0.39, 0.29) is 5.92 Å². The highest BCUT2D eigenvalue weighted by Gasteiger charge is 2.41. The minimum Gasteiger partial charge on any atom is -0.292 e. The summed E-state index contributed by atoms with van der Waals surface area (Å²) in [7, 11) is 0. The van der Waals surface area contributed by atoms with Crippen LogP contribution in [0.2, 0.25) is 0 Å². The summed E-state index contributed by atoms with van der Waals surface area (Å²) in [6.07, 6.45) is 10.2. The van der Waals surface area contributed by atoms with E-state index in [4.69, 9.17) is 0 Å². The van der Waals surface area contributed by atoms with Gasteiger partial charge in [0.2, 0.25) is 0 Å². The fourth-order valence-corrected chi connectivity index (χ4v) is 3.41. The molecule has 0 unspecified atom stereocenters. The first kappa shape index (κ1) is 12.8. The summed E-state index contributed by atoms with van der Waals surface area (Å²) >= 11 is 0. The normalized spacial score (nSPS) is 20.3. The minimum atomic E-state index is 0.247. The summed E-state index contributed by atoms with van der Waals surface area (Å²) in [5, 5.41) is 8.00. The molecular formula is C15H23N3O. The Bertz CT molecular complexity index is 432. The van der Waals surface area contributed by atoms with E-state index in [0.717, 1.165) is 18.7 Å². The van der Waals surface area contributed by atoms with Crippen molar-refractivity contribution in [3.05, 3.63) is 11.9 Å². The lowest BCUT2D eigenvalue weighted by Gasteiger charge is -2.41. The predicted octanol–water partition coefficient (Wildman–Crippen LogP) is 3.09. The smallest absolute Gasteiger partial charge is 0.186 e. The first-order valence-electron chi connectivity index (χ1n) is 7.74. The largest absolute Gasteiger partial charge is 0.292 e. The van der Waals surface area contributed by atoms with Gasteiger partial charge in [0.05, 0.1) is 6.20 Å². The average molecular weight is 261 g/mol. The molecule has 4 nitrogen and oxygen atoms in total. The second kappa shape index (κ2) is 5.43. The zero-order valence-corrected chi connectivity index (χ0v) is 11.7. The van der Waals surface area contributed by atoms with Gasteiger partial charge >= 0.3 is 0 Å². The highest BCUT2D eigenvalue weighted by molar-refractivity contribution is 5.96. The van der Waals surface area contributed by atoms with Gasteiger partial charge in [0, 0.05) is 12.5 Å². The van der Waals surface area contributed by atoms with Crippen molar-refractivity contribution in [2.45, 2.75) is 58.4 Å². The molecule has 2 saturated carbocycles. The molecule has 0 saturated heterocycles. The molecule has 0 spiro atoms. The lowest BCUT2D eigenvalue weighted by molar-refractivity contribution is 0.0567. The molecule has 2 aliphatic rings. The molecule has 2 aliphatic carbocycles. The molecule has 0 aromatic carbocycles. The molecule has 1 aromatic rings. The van der Waals surface area contributed by atoms with Crippen molar-refractivity contribution in [3.8, 4) is 0 Å². The van der Waals surface area contributed by atoms with Crippen molar-refractivity contribution in [3.63, 3.8) is 0 Å². The van der Waals surface area contributed by atoms with Crippen molar-refractivity contribution in [2.24, 2.45) is 17.8 Å². The van der Waals surface area contributed by atoms with Gasteiger partial charge in [0.15, 0.2) is 5.78 Å². The molecule has 0 aliphatic heterocycles. The van der Waals surface area contributed by atoms with Crippen molar-refractivity contribution in [2.75, 3.05) is 0 Å². The van der Waals surface area contributed by atoms with Gasteiger partial charge in [-0.3, -0.25) is 4.79 Å². The van der Waals surface area contributed by atoms with Gasteiger partial charge in [-0.25, -0.2) is 4.68 Å². The molecule has 0 N–H and O–H groups in total. The van der Waals surface area contributed by atoms with E-state index in [0.29, 0.717) is 17.6 Å². The third kappa shape index (κ3) is 2.33. The van der Waals surface area contributed by atoms with Crippen LogP contribution in [0.25, 0.3) is 0 Å². The summed E-state index contributed by atoms with van der Waals surface area (Å²) in [5.41, 5.74) is 0.741. The number of aromatic nitrogens is 3. The number of rotatable bonds is 6. The number of carbonyl (C=O) groups excluding carboxylic acids is 1. The molecule has 0 bridgehead atoms. The number of nitrogens with zero attached hydrogens (tertiary/aromatic N) is 3. The monoisotopic (exact) mass is 261 g/mol. The van der Waals surface area contributed by atoms with Crippen LogP contribution in [-0.4, -0.2) is 20.8 Å². The Labute approximate surface area is 114 Å². The van der Waals surface area contributed by atoms with E-state index in [9.17, 15) is 4.79 Å². The van der Waals surface area contributed by atoms with Crippen molar-refractivity contribution < 1.29 is 4.79 Å². The van der Waals surface area contributed by atoms with Crippen LogP contribution in [0.3, 0.4) is 0 Å². The van der Waals surface area contributed by atoms with E-state index in [1.807, 2.05) is 0 Å². The third-order valence-electron chi connectivity index (χ3n) is 4.92. The number of aryl methyl sites for hydroxylation is 1. The number of hydrogen-bond donors (Lipinski definition) is 0. The van der Waals surface area contributed by atoms with Crippen LogP contribution in [0.15, 0.2) is 6.20 Å². The maximum Gasteiger partial charge on any atom is 0.186 e. The second-order valence-corrected chi connectivity index (χ2v) is 6.11. The topological polar surface area (TPSA) is 47.8 Å². The van der Waals surface area contributed by atoms with Crippen molar-refractivity contribution >= 4 is 5.78 Å². The maximum atomic E-state index is 12.9. The fraction of sp³-hybridized carbons (Fsp3) is 0.800. The molecule has 3 rings (SSSR count). The molecule has 1 heterocycles. The Morgan fingerprint density at radius 2 is 1.95 bits per heavy atom. The Kier molecular flexibility index (Phi) is 3.67. The highest BCUT2D eigenvalue weighted by atomic mass is 16.1. The summed E-state index contributed by atoms with van der Waals surface area (Å²) in [6, 6.07) is 0. The van der Waals surface area contributed by atoms with Crippen LogP contribution in [0.1, 0.15) is 62.4 Å². The maximum absolute atomic E-state index is 12.9. The standard InChI is InChI=1S/C15H23N3O/c1-2-9-18-13(10-16-17-18)15(19)14(11-5-3-6-11)12-7-4-8-12/h10-12,14H,2-9H2,1H3. The quantitative estimate of drug-likeness (QED) is 0.739. The molecule has 2 fully saturated rings. The summed E-state index contributed by atoms with van der Waals surface area (Å²) in [5.74, 6) is 1.81. The summed E-state index contributed by atoms with van der Waals surface area (Å²) in [4.78, 5) is 12.9. The van der Waals surface area contributed by atoms with Gasteiger partial charge in [-0.1, -0.05) is 25.0 Å². The van der Waals surface area contributed by atoms with Crippen LogP contribution < -0.4 is 0 Å². The van der Waals surface area contributed by atoms with Crippen LogP contribution >= 0.6 is 0 Å². The highest BCUT2D eigenvalue weighted by Crippen LogP contribution is 2.45. The van der Waals surface area contributed by atoms with Crippen LogP contribution in [0.4, 0.5) is 0 Å². The van der Waals surface area contributed by atoms with E-state index in [2.05, 4.69) is 17.2 Å². The van der Waals surface area contributed by atoms with Gasteiger partial charge in [-0.2, -0.15) is 0 Å². The number of ketones is 1. The Balaban J connectivity index is 1.80. The molecule has 0 atom stereocenters. The molecule has 104 valence electrons. The average Bonchev–Trinajstić information content (AvgIpc) is 2.71. The minimum absolute atomic E-state index is 0.247. The van der Waals surface area contributed by atoms with Gasteiger partial charge < -0.3 is 0 Å². The molecule has 4 heteroatoms. The Morgan fingerprint density at radius 3 is 2.42 bits per heavy atom. The summed E-state index contributed by atoms with van der Waals surface area (Å²) < 4.78 is 1.80. The molecule has 0 amide bonds. The van der Waals surface area contributed by atoms with Crippen molar-refractivity contribution in [1.82, 2.24) is 15.0 Å². The van der Waals surface area contributed by atoms with Gasteiger partial charge in [-0.15, -0.1) is 5.10 Å². The lowest BCUT2D eigenvalue weighted by Crippen LogP contribution is -2.38. The van der Waals surface area contributed by atoms with E-state index >= 15 is 0 Å². The zero-order valence-electron chi connectivity index (χ0n) is 11.7. The molecule has 19 heavy (non-hydrogen) atoms. The number of carbonyl (C=O) groups is 1. The van der Waals surface area contributed by atoms with E-state index < -0.39 is 0 Å². The summed E-state index contributed by atoms with van der Waals surface area (Å²) in [6.45, 7) is 2.90. The van der Waals surface area contributed by atoms with Gasteiger partial charge in [-0.05, 0) is 43.9 Å². The van der Waals surface area contributed by atoms with Crippen molar-refractivity contribution in [1.29, 1.82) is 0 Å². The number of hydrogen-bond acceptors (Lipinski definition) is 3. The zero-order chi connectivity index (χ0) is 13.2. The SMILES string of the molecule is CCCn1nncc1C(=O)C(C1CCC1)C1CCC1. The second-order valence-electron chi connectivity index (χ2n) is 6.11. The van der Waals surface area contributed by atoms with E-state index in [1.165, 1.54) is 38.5 Å². The Hall–Kier alpha value is -1.19. The van der Waals surface area contributed by atoms with Crippen LogP contribution in [0, 0.1) is 17.8 Å². The predicted molar refractivity (Wildman–Crippen MR) is 72.8 cm³/mol. The van der Waals surface area contributed by atoms with Crippen LogP contribution in [-0.2, 0) is 6.54 Å². The third-order valence-corrected chi connectivity index (χ3v) is 4.92. The molecule has 1 aromatic heterocycles. The van der Waals surface area contributed by atoms with E-state index in [1.54, 1.807) is 10.9 Å². The lowest BCUT2D eigenvalue weighted by atomic mass is 9.63. The first-order valence-corrected chi connectivity index (χ1v) is 7.74. The number of Topliss-reactive ketones (excluding diaryl/α,β-unsaturated/α-hetero) is 1. The fourth-order valence-electron chi connectivity index (χ4n) is 3.41. The van der Waals surface area contributed by atoms with Crippen LogP contribution in [0.5, 0.6) is 0 Å². The Morgan fingerprint density at radius 1 is 1.32 bits per heavy atom. The van der Waals surface area contributed by atoms with Gasteiger partial charge in [0.1, 0.15) is 5.69 Å². The molecular weight excluding hydrogens is 238 g/mol. The first-order chi connectivity index (χ1) is 9.31. The molecule has 0 radical (unpaired) electrons. The van der Waals surface area contributed by atoms with Gasteiger partial charge in [0.25, 0.3) is 0 Å².